The Morgan fingerprint density at radius 3 is 2.65 bits per heavy atom. The Labute approximate surface area is 121 Å². The molecule has 20 heavy (non-hydrogen) atoms. The van der Waals surface area contributed by atoms with Crippen molar-refractivity contribution in [2.45, 2.75) is 38.7 Å². The molecule has 0 heterocycles. The Morgan fingerprint density at radius 1 is 1.20 bits per heavy atom. The Morgan fingerprint density at radius 2 is 1.95 bits per heavy atom. The van der Waals surface area contributed by atoms with Gasteiger partial charge in [0, 0.05) is 18.7 Å². The van der Waals surface area contributed by atoms with Crippen LogP contribution in [0.1, 0.15) is 42.9 Å². The summed E-state index contributed by atoms with van der Waals surface area (Å²) in [6, 6.07) is 5.83. The van der Waals surface area contributed by atoms with Crippen molar-refractivity contribution in [2.75, 3.05) is 26.8 Å². The van der Waals surface area contributed by atoms with Gasteiger partial charge in [0.25, 0.3) is 0 Å². The third-order valence-corrected chi connectivity index (χ3v) is 3.34. The van der Waals surface area contributed by atoms with Crippen molar-refractivity contribution in [1.29, 1.82) is 0 Å². The summed E-state index contributed by atoms with van der Waals surface area (Å²) in [5, 5.41) is 22.2. The number of rotatable bonds is 10. The summed E-state index contributed by atoms with van der Waals surface area (Å²) < 4.78 is 5.28. The normalized spacial score (nSPS) is 12.4. The Balaban J connectivity index is 2.32. The summed E-state index contributed by atoms with van der Waals surface area (Å²) in [7, 11) is 1.62. The number of hydrogen-bond acceptors (Lipinski definition) is 4. The van der Waals surface area contributed by atoms with E-state index in [0.717, 1.165) is 49.1 Å². The minimum atomic E-state index is -0.553. The number of methoxy groups -OCH3 is 1. The molecule has 1 unspecified atom stereocenters. The van der Waals surface area contributed by atoms with Crippen LogP contribution in [0.25, 0.3) is 0 Å². The molecule has 0 radical (unpaired) electrons. The second kappa shape index (κ2) is 9.75. The van der Waals surface area contributed by atoms with Crippen LogP contribution in [0.3, 0.4) is 0 Å². The van der Waals surface area contributed by atoms with Crippen LogP contribution >= 0.6 is 0 Å². The Bertz CT molecular complexity index is 382. The van der Waals surface area contributed by atoms with E-state index in [2.05, 4.69) is 5.32 Å². The molecule has 0 saturated carbocycles. The van der Waals surface area contributed by atoms with Crippen LogP contribution in [0.15, 0.2) is 18.2 Å². The molecule has 0 aromatic heterocycles. The summed E-state index contributed by atoms with van der Waals surface area (Å²) >= 11 is 0. The topological polar surface area (TPSA) is 61.7 Å². The van der Waals surface area contributed by atoms with Gasteiger partial charge in [-0.05, 0) is 38.4 Å². The number of benzene rings is 1. The van der Waals surface area contributed by atoms with Gasteiger partial charge in [0.2, 0.25) is 0 Å². The maximum Gasteiger partial charge on any atom is 0.124 e. The number of aliphatic hydroxyl groups is 2. The lowest BCUT2D eigenvalue weighted by Crippen LogP contribution is -2.23. The van der Waals surface area contributed by atoms with Gasteiger partial charge in [0.05, 0.1) is 13.2 Å². The predicted molar refractivity (Wildman–Crippen MR) is 81.1 cm³/mol. The number of hydrogen-bond donors (Lipinski definition) is 3. The van der Waals surface area contributed by atoms with Crippen LogP contribution in [-0.2, 0) is 0 Å². The summed E-state index contributed by atoms with van der Waals surface area (Å²) in [5.41, 5.74) is 1.95. The van der Waals surface area contributed by atoms with Gasteiger partial charge in [0.1, 0.15) is 5.75 Å². The van der Waals surface area contributed by atoms with E-state index < -0.39 is 6.10 Å². The van der Waals surface area contributed by atoms with E-state index in [9.17, 15) is 5.11 Å². The van der Waals surface area contributed by atoms with Gasteiger partial charge in [-0.15, -0.1) is 0 Å². The summed E-state index contributed by atoms with van der Waals surface area (Å²) in [4.78, 5) is 0. The molecule has 0 aliphatic rings. The van der Waals surface area contributed by atoms with Crippen molar-refractivity contribution in [3.8, 4) is 5.75 Å². The van der Waals surface area contributed by atoms with Gasteiger partial charge >= 0.3 is 0 Å². The van der Waals surface area contributed by atoms with Crippen LogP contribution in [0.5, 0.6) is 5.75 Å². The first kappa shape index (κ1) is 17.0. The molecule has 0 spiro atoms. The number of aliphatic hydroxyl groups excluding tert-OH is 2. The van der Waals surface area contributed by atoms with E-state index in [1.807, 2.05) is 25.1 Å². The highest BCUT2D eigenvalue weighted by Crippen LogP contribution is 2.25. The van der Waals surface area contributed by atoms with Crippen LogP contribution in [0.4, 0.5) is 0 Å². The molecule has 1 aromatic carbocycles. The van der Waals surface area contributed by atoms with Gasteiger partial charge in [-0.2, -0.15) is 0 Å². The first-order valence-corrected chi connectivity index (χ1v) is 7.33. The first-order chi connectivity index (χ1) is 9.69. The highest BCUT2D eigenvalue weighted by molar-refractivity contribution is 5.38. The Kier molecular flexibility index (Phi) is 8.26. The lowest BCUT2D eigenvalue weighted by atomic mass is 10.1. The zero-order valence-corrected chi connectivity index (χ0v) is 12.6. The molecule has 114 valence electrons. The van der Waals surface area contributed by atoms with Crippen molar-refractivity contribution in [3.63, 3.8) is 0 Å². The van der Waals surface area contributed by atoms with Crippen molar-refractivity contribution in [3.05, 3.63) is 29.3 Å². The monoisotopic (exact) mass is 281 g/mol. The molecule has 0 amide bonds. The molecule has 0 saturated heterocycles. The molecule has 4 nitrogen and oxygen atoms in total. The zero-order chi connectivity index (χ0) is 14.8. The van der Waals surface area contributed by atoms with Crippen LogP contribution in [0.2, 0.25) is 0 Å². The maximum atomic E-state index is 10.2. The first-order valence-electron chi connectivity index (χ1n) is 7.33. The van der Waals surface area contributed by atoms with Gasteiger partial charge in [0.15, 0.2) is 0 Å². The number of aryl methyl sites for hydroxylation is 1. The van der Waals surface area contributed by atoms with Crippen LogP contribution in [0, 0.1) is 6.92 Å². The van der Waals surface area contributed by atoms with Crippen molar-refractivity contribution in [2.24, 2.45) is 0 Å². The molecule has 1 aromatic rings. The molecule has 3 N–H and O–H groups in total. The molecule has 1 atom stereocenters. The molecule has 0 fully saturated rings. The summed E-state index contributed by atoms with van der Waals surface area (Å²) in [5.74, 6) is 0.729. The van der Waals surface area contributed by atoms with E-state index >= 15 is 0 Å². The standard InChI is InChI=1S/C16H27NO3/c1-13-7-8-16(20-2)14(11-13)15(19)12-17-9-5-3-4-6-10-18/h7-8,11,15,17-19H,3-6,9-10,12H2,1-2H3. The number of ether oxygens (including phenoxy) is 1. The lowest BCUT2D eigenvalue weighted by molar-refractivity contribution is 0.170. The number of unbranched alkanes of at least 4 members (excludes halogenated alkanes) is 3. The minimum Gasteiger partial charge on any atom is -0.496 e. The van der Waals surface area contributed by atoms with Crippen LogP contribution < -0.4 is 10.1 Å². The highest BCUT2D eigenvalue weighted by Gasteiger charge is 2.12. The van der Waals surface area contributed by atoms with Gasteiger partial charge in [-0.3, -0.25) is 0 Å². The second-order valence-electron chi connectivity index (χ2n) is 5.10. The average Bonchev–Trinajstić information content (AvgIpc) is 2.46. The molecule has 0 bridgehead atoms. The smallest absolute Gasteiger partial charge is 0.124 e. The minimum absolute atomic E-state index is 0.277. The number of nitrogens with one attached hydrogen (secondary N) is 1. The highest BCUT2D eigenvalue weighted by atomic mass is 16.5. The molecular formula is C16H27NO3. The third kappa shape index (κ3) is 5.90. The fraction of sp³-hybridized carbons (Fsp3) is 0.625. The van der Waals surface area contributed by atoms with Gasteiger partial charge in [-0.25, -0.2) is 0 Å². The zero-order valence-electron chi connectivity index (χ0n) is 12.6. The van der Waals surface area contributed by atoms with Crippen LogP contribution in [-0.4, -0.2) is 37.0 Å². The largest absolute Gasteiger partial charge is 0.496 e. The van der Waals surface area contributed by atoms with Crippen molar-refractivity contribution >= 4 is 0 Å². The quantitative estimate of drug-likeness (QED) is 0.575. The van der Waals surface area contributed by atoms with Crippen molar-refractivity contribution < 1.29 is 14.9 Å². The second-order valence-corrected chi connectivity index (χ2v) is 5.10. The summed E-state index contributed by atoms with van der Waals surface area (Å²) in [6.45, 7) is 3.69. The Hall–Kier alpha value is -1.10. The van der Waals surface area contributed by atoms with E-state index in [0.29, 0.717) is 6.54 Å². The van der Waals surface area contributed by atoms with E-state index in [1.54, 1.807) is 7.11 Å². The average molecular weight is 281 g/mol. The third-order valence-electron chi connectivity index (χ3n) is 3.34. The predicted octanol–water partition coefficient (Wildman–Crippen LogP) is 2.18. The van der Waals surface area contributed by atoms with Crippen molar-refractivity contribution in [1.82, 2.24) is 5.32 Å². The molecule has 1 rings (SSSR count). The van der Waals surface area contributed by atoms with Gasteiger partial charge in [-0.1, -0.05) is 24.5 Å². The molecule has 0 aliphatic carbocycles. The molecule has 0 aliphatic heterocycles. The molecular weight excluding hydrogens is 254 g/mol. The SMILES string of the molecule is COc1ccc(C)cc1C(O)CNCCCCCCO. The van der Waals surface area contributed by atoms with E-state index in [1.165, 1.54) is 0 Å². The fourth-order valence-electron chi connectivity index (χ4n) is 2.18. The lowest BCUT2D eigenvalue weighted by Gasteiger charge is -2.16. The summed E-state index contributed by atoms with van der Waals surface area (Å²) in [6.07, 6.45) is 3.56. The van der Waals surface area contributed by atoms with Gasteiger partial charge < -0.3 is 20.3 Å². The van der Waals surface area contributed by atoms with E-state index in [-0.39, 0.29) is 6.61 Å². The van der Waals surface area contributed by atoms with E-state index in [4.69, 9.17) is 9.84 Å². The maximum absolute atomic E-state index is 10.2. The molecule has 4 heteroatoms. The fourth-order valence-corrected chi connectivity index (χ4v) is 2.18.